The predicted molar refractivity (Wildman–Crippen MR) is 241 cm³/mol. The maximum Gasteiger partial charge on any atom is 0.305 e. The van der Waals surface area contributed by atoms with Crippen LogP contribution in [-0.2, 0) is 9.53 Å². The molecule has 2 N–H and O–H groups in total. The summed E-state index contributed by atoms with van der Waals surface area (Å²) in [4.78, 5) is 13.1. The number of unbranched alkanes of at least 4 members (excludes halogenated alkanes) is 28. The van der Waals surface area contributed by atoms with E-state index in [0.717, 1.165) is 24.0 Å². The van der Waals surface area contributed by atoms with Gasteiger partial charge in [0.25, 0.3) is 0 Å². The van der Waals surface area contributed by atoms with Crippen LogP contribution in [0, 0.1) is 5.92 Å². The summed E-state index contributed by atoms with van der Waals surface area (Å²) in [5.74, 6) is 0.775. The van der Waals surface area contributed by atoms with Gasteiger partial charge in [0.05, 0.1) is 6.61 Å². The van der Waals surface area contributed by atoms with E-state index in [1.807, 2.05) is 24.3 Å². The number of benzene rings is 2. The van der Waals surface area contributed by atoms with Gasteiger partial charge in [0, 0.05) is 12.3 Å². The molecular weight excluding hydrogens is 689 g/mol. The second kappa shape index (κ2) is 35.7. The molecule has 0 aromatic heterocycles. The first-order chi connectivity index (χ1) is 27.5. The van der Waals surface area contributed by atoms with Crippen molar-refractivity contribution < 1.29 is 19.7 Å². The average molecular weight is 777 g/mol. The van der Waals surface area contributed by atoms with E-state index >= 15 is 0 Å². The van der Waals surface area contributed by atoms with Crippen LogP contribution in [0.4, 0.5) is 0 Å². The molecule has 1 unspecified atom stereocenters. The number of phenols is 2. The summed E-state index contributed by atoms with van der Waals surface area (Å²) >= 11 is 0. The van der Waals surface area contributed by atoms with Crippen molar-refractivity contribution in [3.63, 3.8) is 0 Å². The van der Waals surface area contributed by atoms with Crippen LogP contribution in [-0.4, -0.2) is 22.8 Å². The van der Waals surface area contributed by atoms with Crippen molar-refractivity contribution in [2.24, 2.45) is 5.92 Å². The van der Waals surface area contributed by atoms with E-state index in [1.54, 1.807) is 24.3 Å². The Bertz CT molecular complexity index is 1100. The van der Waals surface area contributed by atoms with Crippen molar-refractivity contribution in [3.05, 3.63) is 59.7 Å². The van der Waals surface area contributed by atoms with Crippen molar-refractivity contribution in [2.75, 3.05) is 6.61 Å². The summed E-state index contributed by atoms with van der Waals surface area (Å²) in [6.45, 7) is 5.12. The molecule has 0 heterocycles. The molecule has 0 aliphatic rings. The minimum absolute atomic E-state index is 0.0137. The number of ether oxygens (including phenoxy) is 1. The van der Waals surface area contributed by atoms with Crippen molar-refractivity contribution in [1.82, 2.24) is 0 Å². The van der Waals surface area contributed by atoms with E-state index in [1.165, 1.54) is 193 Å². The van der Waals surface area contributed by atoms with Crippen LogP contribution >= 0.6 is 0 Å². The van der Waals surface area contributed by atoms with Gasteiger partial charge in [-0.05, 0) is 60.6 Å². The SMILES string of the molecule is CCCCCCCCCCCCCCCCCCC(CCCCCCCCCCCCCCCC)COC(=O)CCC(c1ccc(O)cc1)c1ccc(O)cc1. The molecule has 0 saturated heterocycles. The number of rotatable bonds is 39. The van der Waals surface area contributed by atoms with Gasteiger partial charge < -0.3 is 14.9 Å². The zero-order valence-electron chi connectivity index (χ0n) is 36.7. The molecule has 0 aliphatic heterocycles. The van der Waals surface area contributed by atoms with Gasteiger partial charge in [-0.1, -0.05) is 231 Å². The minimum Gasteiger partial charge on any atom is -0.508 e. The fraction of sp³-hybridized carbons (Fsp3) is 0.750. The number of carbonyl (C=O) groups excluding carboxylic acids is 1. The highest BCUT2D eigenvalue weighted by atomic mass is 16.5. The Hall–Kier alpha value is -2.49. The maximum atomic E-state index is 13.1. The lowest BCUT2D eigenvalue weighted by molar-refractivity contribution is -0.145. The fourth-order valence-electron chi connectivity index (χ4n) is 8.40. The summed E-state index contributed by atoms with van der Waals surface area (Å²) in [5.41, 5.74) is 2.08. The number of carbonyl (C=O) groups is 1. The van der Waals surface area contributed by atoms with E-state index in [9.17, 15) is 15.0 Å². The van der Waals surface area contributed by atoms with Gasteiger partial charge in [0.15, 0.2) is 0 Å². The molecule has 0 aliphatic carbocycles. The number of hydrogen-bond acceptors (Lipinski definition) is 4. The van der Waals surface area contributed by atoms with Gasteiger partial charge >= 0.3 is 5.97 Å². The molecule has 56 heavy (non-hydrogen) atoms. The standard InChI is InChI=1S/C52H88O4/c1-3-5-7-9-11-13-15-17-19-20-22-24-26-28-30-32-34-46(33-31-29-27-25-23-21-18-16-14-12-10-8-6-4-2)45-56-52(55)44-43-51(47-35-39-49(53)40-36-47)48-37-41-50(54)42-38-48/h35-42,46,51,53-54H,3-34,43-45H2,1-2H3. The van der Waals surface area contributed by atoms with Crippen LogP contribution < -0.4 is 0 Å². The number of aromatic hydroxyl groups is 2. The van der Waals surface area contributed by atoms with Gasteiger partial charge in [-0.25, -0.2) is 0 Å². The molecule has 320 valence electrons. The predicted octanol–water partition coefficient (Wildman–Crippen LogP) is 16.7. The molecule has 0 spiro atoms. The van der Waals surface area contributed by atoms with E-state index < -0.39 is 0 Å². The Balaban J connectivity index is 1.69. The smallest absolute Gasteiger partial charge is 0.305 e. The third-order valence-electron chi connectivity index (χ3n) is 12.1. The highest BCUT2D eigenvalue weighted by molar-refractivity contribution is 5.69. The fourth-order valence-corrected chi connectivity index (χ4v) is 8.40. The monoisotopic (exact) mass is 777 g/mol. The quantitative estimate of drug-likeness (QED) is 0.0524. The van der Waals surface area contributed by atoms with Crippen molar-refractivity contribution in [2.45, 2.75) is 238 Å². The van der Waals surface area contributed by atoms with Crippen LogP contribution in [0.1, 0.15) is 249 Å². The largest absolute Gasteiger partial charge is 0.508 e. The van der Waals surface area contributed by atoms with E-state index in [2.05, 4.69) is 13.8 Å². The first-order valence-corrected chi connectivity index (χ1v) is 24.3. The Morgan fingerprint density at radius 2 is 0.714 bits per heavy atom. The first-order valence-electron chi connectivity index (χ1n) is 24.3. The molecular formula is C52H88O4. The second-order valence-electron chi connectivity index (χ2n) is 17.3. The lowest BCUT2D eigenvalue weighted by Crippen LogP contribution is -2.15. The molecule has 0 saturated carbocycles. The molecule has 0 radical (unpaired) electrons. The van der Waals surface area contributed by atoms with E-state index in [4.69, 9.17) is 4.74 Å². The topological polar surface area (TPSA) is 66.8 Å². The molecule has 1 atom stereocenters. The Kier molecular flexibility index (Phi) is 31.6. The van der Waals surface area contributed by atoms with Gasteiger partial charge in [0.1, 0.15) is 11.5 Å². The van der Waals surface area contributed by atoms with Crippen LogP contribution in [0.2, 0.25) is 0 Å². The van der Waals surface area contributed by atoms with Crippen LogP contribution in [0.25, 0.3) is 0 Å². The average Bonchev–Trinajstić information content (AvgIpc) is 3.20. The third-order valence-corrected chi connectivity index (χ3v) is 12.1. The molecule has 0 bridgehead atoms. The molecule has 4 nitrogen and oxygen atoms in total. The molecule has 0 fully saturated rings. The van der Waals surface area contributed by atoms with Crippen molar-refractivity contribution in [3.8, 4) is 11.5 Å². The maximum absolute atomic E-state index is 13.1. The van der Waals surface area contributed by atoms with Crippen molar-refractivity contribution in [1.29, 1.82) is 0 Å². The van der Waals surface area contributed by atoms with Gasteiger partial charge in [-0.2, -0.15) is 0 Å². The molecule has 2 aromatic rings. The van der Waals surface area contributed by atoms with Gasteiger partial charge in [-0.15, -0.1) is 0 Å². The highest BCUT2D eigenvalue weighted by Crippen LogP contribution is 2.32. The Morgan fingerprint density at radius 1 is 0.429 bits per heavy atom. The van der Waals surface area contributed by atoms with Crippen LogP contribution in [0.5, 0.6) is 11.5 Å². The van der Waals surface area contributed by atoms with E-state index in [0.29, 0.717) is 25.4 Å². The summed E-state index contributed by atoms with van der Waals surface area (Å²) in [7, 11) is 0. The first kappa shape index (κ1) is 49.7. The van der Waals surface area contributed by atoms with Gasteiger partial charge in [-0.3, -0.25) is 4.79 Å². The lowest BCUT2D eigenvalue weighted by Gasteiger charge is -2.20. The number of hydrogen-bond donors (Lipinski definition) is 2. The van der Waals surface area contributed by atoms with Crippen LogP contribution in [0.3, 0.4) is 0 Å². The summed E-state index contributed by atoms with van der Waals surface area (Å²) in [5, 5.41) is 19.7. The number of esters is 1. The zero-order chi connectivity index (χ0) is 40.2. The summed E-state index contributed by atoms with van der Waals surface area (Å²) < 4.78 is 5.99. The third kappa shape index (κ3) is 27.2. The normalized spacial score (nSPS) is 12.1. The lowest BCUT2D eigenvalue weighted by atomic mass is 9.87. The van der Waals surface area contributed by atoms with E-state index in [-0.39, 0.29) is 23.4 Å². The molecule has 2 aromatic carbocycles. The molecule has 4 heteroatoms. The van der Waals surface area contributed by atoms with Crippen LogP contribution in [0.15, 0.2) is 48.5 Å². The number of phenolic OH excluding ortho intramolecular Hbond substituents is 2. The second-order valence-corrected chi connectivity index (χ2v) is 17.3. The summed E-state index contributed by atoms with van der Waals surface area (Å²) in [6, 6.07) is 14.5. The highest BCUT2D eigenvalue weighted by Gasteiger charge is 2.18. The Morgan fingerprint density at radius 3 is 1.02 bits per heavy atom. The minimum atomic E-state index is -0.120. The zero-order valence-corrected chi connectivity index (χ0v) is 36.7. The molecule has 0 amide bonds. The summed E-state index contributed by atoms with van der Waals surface area (Å²) in [6.07, 6.45) is 44.7. The van der Waals surface area contributed by atoms with Crippen molar-refractivity contribution >= 4 is 5.97 Å². The molecule has 2 rings (SSSR count). The van der Waals surface area contributed by atoms with Gasteiger partial charge in [0.2, 0.25) is 0 Å². The Labute approximate surface area is 346 Å².